The Bertz CT molecular complexity index is 882. The first kappa shape index (κ1) is 17.1. The highest BCUT2D eigenvalue weighted by molar-refractivity contribution is 9.10. The van der Waals surface area contributed by atoms with Gasteiger partial charge in [0, 0.05) is 22.7 Å². The number of aliphatic hydroxyl groups excluding tert-OH is 1. The van der Waals surface area contributed by atoms with E-state index in [2.05, 4.69) is 65.5 Å². The number of benzene rings is 1. The number of halogens is 1. The molecule has 4 nitrogen and oxygen atoms in total. The lowest BCUT2D eigenvalue weighted by molar-refractivity contribution is 0.299. The molecule has 0 aliphatic rings. The van der Waals surface area contributed by atoms with Crippen LogP contribution in [0.1, 0.15) is 42.4 Å². The first-order chi connectivity index (χ1) is 11.4. The Morgan fingerprint density at radius 3 is 2.38 bits per heavy atom. The van der Waals surface area contributed by atoms with Crippen LogP contribution < -0.4 is 0 Å². The Kier molecular flexibility index (Phi) is 4.74. The van der Waals surface area contributed by atoms with E-state index in [0.29, 0.717) is 6.42 Å². The Balaban J connectivity index is 2.27. The number of hydrogen-bond acceptors (Lipinski definition) is 3. The van der Waals surface area contributed by atoms with Crippen molar-refractivity contribution in [2.24, 2.45) is 0 Å². The predicted molar refractivity (Wildman–Crippen MR) is 101 cm³/mol. The van der Waals surface area contributed by atoms with Gasteiger partial charge in [-0.1, -0.05) is 26.0 Å². The molecule has 0 aliphatic carbocycles. The molecule has 3 aromatic rings. The Morgan fingerprint density at radius 2 is 1.79 bits per heavy atom. The maximum atomic E-state index is 9.09. The van der Waals surface area contributed by atoms with Crippen LogP contribution in [-0.4, -0.2) is 26.2 Å². The summed E-state index contributed by atoms with van der Waals surface area (Å²) in [5.41, 5.74) is 6.10. The van der Waals surface area contributed by atoms with Gasteiger partial charge in [0.15, 0.2) is 5.65 Å². The van der Waals surface area contributed by atoms with Crippen molar-refractivity contribution >= 4 is 27.1 Å². The third kappa shape index (κ3) is 2.87. The third-order valence-corrected chi connectivity index (χ3v) is 5.43. The van der Waals surface area contributed by atoms with E-state index in [1.165, 1.54) is 0 Å². The normalized spacial score (nSPS) is 11.6. The quantitative estimate of drug-likeness (QED) is 0.718. The molecule has 0 spiro atoms. The maximum absolute atomic E-state index is 9.09. The topological polar surface area (TPSA) is 50.9 Å². The zero-order chi connectivity index (χ0) is 17.4. The zero-order valence-electron chi connectivity index (χ0n) is 14.5. The number of aliphatic hydroxyl groups is 1. The monoisotopic (exact) mass is 387 g/mol. The van der Waals surface area contributed by atoms with E-state index in [4.69, 9.17) is 15.1 Å². The number of hydrogen-bond donors (Lipinski definition) is 1. The molecular formula is C19H22BrN3O. The summed E-state index contributed by atoms with van der Waals surface area (Å²) in [4.78, 5) is 9.67. The van der Waals surface area contributed by atoms with Crippen LogP contribution in [0.3, 0.4) is 0 Å². The SMILES string of the molecule is Cc1nc2c(nc(C(C)C)n2-c2ccc(CCO)cc2)c(C)c1Br. The van der Waals surface area contributed by atoms with Gasteiger partial charge in [-0.2, -0.15) is 0 Å². The van der Waals surface area contributed by atoms with E-state index in [1.807, 2.05) is 6.92 Å². The molecule has 0 amide bonds. The fourth-order valence-electron chi connectivity index (χ4n) is 2.95. The molecular weight excluding hydrogens is 366 g/mol. The van der Waals surface area contributed by atoms with Gasteiger partial charge < -0.3 is 5.11 Å². The number of aryl methyl sites for hydroxylation is 2. The van der Waals surface area contributed by atoms with Crippen molar-refractivity contribution in [3.8, 4) is 5.69 Å². The summed E-state index contributed by atoms with van der Waals surface area (Å²) < 4.78 is 3.17. The van der Waals surface area contributed by atoms with Crippen molar-refractivity contribution in [2.75, 3.05) is 6.61 Å². The summed E-state index contributed by atoms with van der Waals surface area (Å²) >= 11 is 3.62. The number of fused-ring (bicyclic) bond motifs is 1. The first-order valence-corrected chi connectivity index (χ1v) is 8.98. The molecule has 0 fully saturated rings. The van der Waals surface area contributed by atoms with E-state index in [1.54, 1.807) is 0 Å². The zero-order valence-corrected chi connectivity index (χ0v) is 16.1. The lowest BCUT2D eigenvalue weighted by atomic mass is 10.1. The summed E-state index contributed by atoms with van der Waals surface area (Å²) in [6.45, 7) is 8.54. The van der Waals surface area contributed by atoms with Crippen LogP contribution in [0.15, 0.2) is 28.7 Å². The molecule has 1 N–H and O–H groups in total. The van der Waals surface area contributed by atoms with Crippen molar-refractivity contribution in [1.29, 1.82) is 0 Å². The van der Waals surface area contributed by atoms with Gasteiger partial charge in [-0.25, -0.2) is 9.97 Å². The van der Waals surface area contributed by atoms with Gasteiger partial charge in [0.1, 0.15) is 11.3 Å². The van der Waals surface area contributed by atoms with Crippen molar-refractivity contribution in [1.82, 2.24) is 14.5 Å². The molecule has 3 rings (SSSR count). The minimum Gasteiger partial charge on any atom is -0.396 e. The summed E-state index contributed by atoms with van der Waals surface area (Å²) in [6.07, 6.45) is 0.672. The number of rotatable bonds is 4. The molecule has 2 heterocycles. The summed E-state index contributed by atoms with van der Waals surface area (Å²) in [5.74, 6) is 1.29. The minimum atomic E-state index is 0.165. The second kappa shape index (κ2) is 6.65. The lowest BCUT2D eigenvalue weighted by Gasteiger charge is -2.12. The van der Waals surface area contributed by atoms with Gasteiger partial charge in [0.2, 0.25) is 0 Å². The van der Waals surface area contributed by atoms with Crippen LogP contribution in [0.2, 0.25) is 0 Å². The number of imidazole rings is 1. The second-order valence-electron chi connectivity index (χ2n) is 6.41. The van der Waals surface area contributed by atoms with Gasteiger partial charge in [0.25, 0.3) is 0 Å². The molecule has 0 unspecified atom stereocenters. The molecule has 5 heteroatoms. The highest BCUT2D eigenvalue weighted by Gasteiger charge is 2.19. The van der Waals surface area contributed by atoms with Gasteiger partial charge in [-0.3, -0.25) is 4.57 Å². The summed E-state index contributed by atoms with van der Waals surface area (Å²) in [5, 5.41) is 9.09. The number of pyridine rings is 1. The molecule has 2 aromatic heterocycles. The van der Waals surface area contributed by atoms with E-state index >= 15 is 0 Å². The minimum absolute atomic E-state index is 0.165. The first-order valence-electron chi connectivity index (χ1n) is 8.19. The molecule has 24 heavy (non-hydrogen) atoms. The van der Waals surface area contributed by atoms with Crippen LogP contribution in [0.25, 0.3) is 16.9 Å². The van der Waals surface area contributed by atoms with Crippen molar-refractivity contribution in [3.63, 3.8) is 0 Å². The molecule has 1 aromatic carbocycles. The Labute approximate surface area is 150 Å². The van der Waals surface area contributed by atoms with Crippen LogP contribution in [0, 0.1) is 13.8 Å². The van der Waals surface area contributed by atoms with E-state index in [-0.39, 0.29) is 12.5 Å². The van der Waals surface area contributed by atoms with Crippen LogP contribution >= 0.6 is 15.9 Å². The van der Waals surface area contributed by atoms with Gasteiger partial charge in [0.05, 0.1) is 5.69 Å². The second-order valence-corrected chi connectivity index (χ2v) is 7.20. The fourth-order valence-corrected chi connectivity index (χ4v) is 3.23. The molecule has 0 bridgehead atoms. The smallest absolute Gasteiger partial charge is 0.165 e. The van der Waals surface area contributed by atoms with E-state index in [9.17, 15) is 0 Å². The number of aromatic nitrogens is 3. The van der Waals surface area contributed by atoms with Crippen LogP contribution in [-0.2, 0) is 6.42 Å². The Hall–Kier alpha value is -1.72. The lowest BCUT2D eigenvalue weighted by Crippen LogP contribution is -2.04. The predicted octanol–water partition coefficient (Wildman–Crippen LogP) is 4.46. The summed E-state index contributed by atoms with van der Waals surface area (Å²) in [6, 6.07) is 8.26. The average molecular weight is 388 g/mol. The van der Waals surface area contributed by atoms with Crippen LogP contribution in [0.5, 0.6) is 0 Å². The molecule has 0 saturated carbocycles. The Morgan fingerprint density at radius 1 is 1.12 bits per heavy atom. The van der Waals surface area contributed by atoms with E-state index in [0.717, 1.165) is 44.0 Å². The van der Waals surface area contributed by atoms with Crippen molar-refractivity contribution in [2.45, 2.75) is 40.0 Å². The largest absolute Gasteiger partial charge is 0.396 e. The standard InChI is InChI=1S/C19H22BrN3O/c1-11(2)18-22-17-12(3)16(20)13(4)21-19(17)23(18)15-7-5-14(6-8-15)9-10-24/h5-8,11,24H,9-10H2,1-4H3. The number of nitrogens with zero attached hydrogens (tertiary/aromatic N) is 3. The average Bonchev–Trinajstić information content (AvgIpc) is 2.93. The maximum Gasteiger partial charge on any atom is 0.165 e. The van der Waals surface area contributed by atoms with E-state index < -0.39 is 0 Å². The molecule has 0 aliphatic heterocycles. The third-order valence-electron chi connectivity index (χ3n) is 4.27. The van der Waals surface area contributed by atoms with Crippen molar-refractivity contribution in [3.05, 3.63) is 51.4 Å². The van der Waals surface area contributed by atoms with Gasteiger partial charge in [-0.15, -0.1) is 0 Å². The summed E-state index contributed by atoms with van der Waals surface area (Å²) in [7, 11) is 0. The highest BCUT2D eigenvalue weighted by Crippen LogP contribution is 2.31. The molecule has 0 radical (unpaired) electrons. The van der Waals surface area contributed by atoms with Crippen molar-refractivity contribution < 1.29 is 5.11 Å². The molecule has 0 saturated heterocycles. The highest BCUT2D eigenvalue weighted by atomic mass is 79.9. The molecule has 0 atom stereocenters. The fraction of sp³-hybridized carbons (Fsp3) is 0.368. The van der Waals surface area contributed by atoms with Gasteiger partial charge in [-0.05, 0) is 59.5 Å². The molecule has 126 valence electrons. The van der Waals surface area contributed by atoms with Gasteiger partial charge >= 0.3 is 0 Å². The van der Waals surface area contributed by atoms with Crippen LogP contribution in [0.4, 0.5) is 0 Å².